The Morgan fingerprint density at radius 1 is 1.25 bits per heavy atom. The van der Waals surface area contributed by atoms with Crippen molar-refractivity contribution in [3.05, 3.63) is 33.8 Å². The van der Waals surface area contributed by atoms with Gasteiger partial charge in [0.2, 0.25) is 0 Å². The second kappa shape index (κ2) is 6.14. The van der Waals surface area contributed by atoms with Crippen LogP contribution in [0.5, 0.6) is 0 Å². The van der Waals surface area contributed by atoms with Gasteiger partial charge in [-0.25, -0.2) is 0 Å². The maximum atomic E-state index is 6.16. The van der Waals surface area contributed by atoms with Crippen molar-refractivity contribution in [1.29, 1.82) is 0 Å². The van der Waals surface area contributed by atoms with Crippen molar-refractivity contribution in [1.82, 2.24) is 0 Å². The first-order chi connectivity index (χ1) is 7.50. The zero-order valence-electron chi connectivity index (χ0n) is 9.69. The third-order valence-electron chi connectivity index (χ3n) is 2.80. The van der Waals surface area contributed by atoms with Crippen molar-refractivity contribution < 1.29 is 0 Å². The third-order valence-corrected chi connectivity index (χ3v) is 4.05. The SMILES string of the molecule is CCCC(C)(CCl)Cc1cc(Cl)ccc1Cl. The first kappa shape index (κ1) is 14.2. The summed E-state index contributed by atoms with van der Waals surface area (Å²) in [6.07, 6.45) is 3.10. The van der Waals surface area contributed by atoms with Crippen LogP contribution in [0.25, 0.3) is 0 Å². The Balaban J connectivity index is 2.89. The molecule has 0 N–H and O–H groups in total. The summed E-state index contributed by atoms with van der Waals surface area (Å²) in [5, 5.41) is 1.50. The average Bonchev–Trinajstić information content (AvgIpc) is 2.24. The molecule has 0 aromatic heterocycles. The normalized spacial score (nSPS) is 14.8. The average molecular weight is 280 g/mol. The summed E-state index contributed by atoms with van der Waals surface area (Å²) < 4.78 is 0. The van der Waals surface area contributed by atoms with Gasteiger partial charge in [0.05, 0.1) is 0 Å². The molecule has 0 spiro atoms. The number of halogens is 3. The predicted octanol–water partition coefficient (Wildman–Crippen LogP) is 5.58. The second-order valence-electron chi connectivity index (χ2n) is 4.61. The fraction of sp³-hybridized carbons (Fsp3) is 0.538. The minimum atomic E-state index is 0.102. The molecule has 0 aliphatic heterocycles. The van der Waals surface area contributed by atoms with E-state index in [2.05, 4.69) is 13.8 Å². The summed E-state index contributed by atoms with van der Waals surface area (Å²) in [7, 11) is 0. The van der Waals surface area contributed by atoms with Crippen LogP contribution in [0.1, 0.15) is 32.3 Å². The summed E-state index contributed by atoms with van der Waals surface area (Å²) in [6, 6.07) is 5.59. The van der Waals surface area contributed by atoms with E-state index >= 15 is 0 Å². The summed E-state index contributed by atoms with van der Waals surface area (Å²) in [4.78, 5) is 0. The smallest absolute Gasteiger partial charge is 0.0439 e. The Labute approximate surface area is 113 Å². The van der Waals surface area contributed by atoms with Gasteiger partial charge < -0.3 is 0 Å². The summed E-state index contributed by atoms with van der Waals surface area (Å²) >= 11 is 18.2. The molecule has 1 rings (SSSR count). The number of hydrogen-bond acceptors (Lipinski definition) is 0. The van der Waals surface area contributed by atoms with Crippen LogP contribution in [-0.2, 0) is 6.42 Å². The molecular formula is C13H17Cl3. The van der Waals surface area contributed by atoms with Crippen LogP contribution in [-0.4, -0.2) is 5.88 Å². The van der Waals surface area contributed by atoms with Gasteiger partial charge in [-0.05, 0) is 42.0 Å². The first-order valence-corrected chi connectivity index (χ1v) is 6.80. The summed E-state index contributed by atoms with van der Waals surface area (Å²) in [5.41, 5.74) is 1.19. The number of alkyl halides is 1. The molecule has 0 heterocycles. The Hall–Kier alpha value is 0.0900. The zero-order valence-corrected chi connectivity index (χ0v) is 12.0. The van der Waals surface area contributed by atoms with Crippen molar-refractivity contribution in [3.8, 4) is 0 Å². The molecule has 1 atom stereocenters. The molecule has 90 valence electrons. The van der Waals surface area contributed by atoms with E-state index in [0.717, 1.165) is 34.9 Å². The van der Waals surface area contributed by atoms with E-state index in [9.17, 15) is 0 Å². The van der Waals surface area contributed by atoms with Gasteiger partial charge in [-0.3, -0.25) is 0 Å². The van der Waals surface area contributed by atoms with Gasteiger partial charge in [0.15, 0.2) is 0 Å². The molecule has 0 nitrogen and oxygen atoms in total. The molecule has 3 heteroatoms. The number of benzene rings is 1. The van der Waals surface area contributed by atoms with E-state index in [1.807, 2.05) is 18.2 Å². The highest BCUT2D eigenvalue weighted by molar-refractivity contribution is 6.33. The lowest BCUT2D eigenvalue weighted by molar-refractivity contribution is 0.335. The molecule has 0 radical (unpaired) electrons. The van der Waals surface area contributed by atoms with Gasteiger partial charge in [0, 0.05) is 15.9 Å². The Morgan fingerprint density at radius 2 is 1.94 bits per heavy atom. The van der Waals surface area contributed by atoms with Crippen LogP contribution in [0.3, 0.4) is 0 Å². The highest BCUT2D eigenvalue weighted by Crippen LogP contribution is 2.33. The second-order valence-corrected chi connectivity index (χ2v) is 5.72. The van der Waals surface area contributed by atoms with E-state index in [1.54, 1.807) is 0 Å². The van der Waals surface area contributed by atoms with Crippen molar-refractivity contribution in [2.75, 3.05) is 5.88 Å². The topological polar surface area (TPSA) is 0 Å². The molecule has 0 aliphatic rings. The molecule has 0 saturated carbocycles. The van der Waals surface area contributed by atoms with Gasteiger partial charge in [-0.2, -0.15) is 0 Å². The van der Waals surface area contributed by atoms with Crippen molar-refractivity contribution in [3.63, 3.8) is 0 Å². The number of hydrogen-bond donors (Lipinski definition) is 0. The number of rotatable bonds is 5. The quantitative estimate of drug-likeness (QED) is 0.617. The van der Waals surface area contributed by atoms with E-state index in [-0.39, 0.29) is 5.41 Å². The predicted molar refractivity (Wildman–Crippen MR) is 73.9 cm³/mol. The van der Waals surface area contributed by atoms with Gasteiger partial charge in [-0.1, -0.05) is 43.5 Å². The molecule has 1 aromatic carbocycles. The van der Waals surface area contributed by atoms with Crippen molar-refractivity contribution >= 4 is 34.8 Å². The Morgan fingerprint density at radius 3 is 2.50 bits per heavy atom. The molecule has 0 amide bonds. The van der Waals surface area contributed by atoms with Gasteiger partial charge in [0.1, 0.15) is 0 Å². The molecule has 0 fully saturated rings. The van der Waals surface area contributed by atoms with Crippen molar-refractivity contribution in [2.45, 2.75) is 33.1 Å². The monoisotopic (exact) mass is 278 g/mol. The maximum absolute atomic E-state index is 6.16. The van der Waals surface area contributed by atoms with Gasteiger partial charge in [-0.15, -0.1) is 11.6 Å². The van der Waals surface area contributed by atoms with E-state index in [4.69, 9.17) is 34.8 Å². The van der Waals surface area contributed by atoms with Crippen LogP contribution >= 0.6 is 34.8 Å². The Kier molecular flexibility index (Phi) is 5.43. The molecular weight excluding hydrogens is 263 g/mol. The van der Waals surface area contributed by atoms with E-state index in [1.165, 1.54) is 0 Å². The van der Waals surface area contributed by atoms with Crippen LogP contribution < -0.4 is 0 Å². The molecule has 1 aromatic rings. The first-order valence-electron chi connectivity index (χ1n) is 5.50. The Bertz CT molecular complexity index is 349. The molecule has 16 heavy (non-hydrogen) atoms. The molecule has 0 aliphatic carbocycles. The fourth-order valence-corrected chi connectivity index (χ4v) is 2.55. The molecule has 0 saturated heterocycles. The lowest BCUT2D eigenvalue weighted by Crippen LogP contribution is -2.21. The minimum Gasteiger partial charge on any atom is -0.126 e. The largest absolute Gasteiger partial charge is 0.126 e. The van der Waals surface area contributed by atoms with Gasteiger partial charge >= 0.3 is 0 Å². The van der Waals surface area contributed by atoms with Crippen LogP contribution in [0, 0.1) is 5.41 Å². The lowest BCUT2D eigenvalue weighted by atomic mass is 9.81. The zero-order chi connectivity index (χ0) is 12.2. The highest BCUT2D eigenvalue weighted by Gasteiger charge is 2.23. The summed E-state index contributed by atoms with van der Waals surface area (Å²) in [5.74, 6) is 0.643. The van der Waals surface area contributed by atoms with Crippen LogP contribution in [0.4, 0.5) is 0 Å². The highest BCUT2D eigenvalue weighted by atomic mass is 35.5. The van der Waals surface area contributed by atoms with E-state index < -0.39 is 0 Å². The summed E-state index contributed by atoms with van der Waals surface area (Å²) in [6.45, 7) is 4.37. The minimum absolute atomic E-state index is 0.102. The lowest BCUT2D eigenvalue weighted by Gasteiger charge is -2.27. The van der Waals surface area contributed by atoms with Crippen LogP contribution in [0.15, 0.2) is 18.2 Å². The standard InChI is InChI=1S/C13H17Cl3/c1-3-6-13(2,9-14)8-10-7-11(15)4-5-12(10)16/h4-5,7H,3,6,8-9H2,1-2H3. The van der Waals surface area contributed by atoms with Gasteiger partial charge in [0.25, 0.3) is 0 Å². The van der Waals surface area contributed by atoms with Crippen molar-refractivity contribution in [2.24, 2.45) is 5.41 Å². The maximum Gasteiger partial charge on any atom is 0.0439 e. The van der Waals surface area contributed by atoms with E-state index in [0.29, 0.717) is 5.88 Å². The third kappa shape index (κ3) is 3.84. The van der Waals surface area contributed by atoms with Crippen LogP contribution in [0.2, 0.25) is 10.0 Å². The molecule has 1 unspecified atom stereocenters. The molecule has 0 bridgehead atoms. The fourth-order valence-electron chi connectivity index (χ4n) is 1.94.